The molecule has 1 saturated heterocycles. The Balaban J connectivity index is 1.53. The number of carbonyl (C=O) groups is 4. The largest absolute Gasteiger partial charge is 0.484 e. The normalized spacial score (nSPS) is 15.8. The van der Waals surface area contributed by atoms with Crippen LogP contribution in [0.5, 0.6) is 5.75 Å². The van der Waals surface area contributed by atoms with E-state index in [0.29, 0.717) is 20.4 Å². The van der Waals surface area contributed by atoms with Crippen molar-refractivity contribution >= 4 is 52.0 Å². The van der Waals surface area contributed by atoms with Gasteiger partial charge < -0.3 is 30.5 Å². The van der Waals surface area contributed by atoms with Crippen molar-refractivity contribution in [3.63, 3.8) is 0 Å². The molecule has 0 radical (unpaired) electrons. The van der Waals surface area contributed by atoms with E-state index in [-0.39, 0.29) is 38.6 Å². The van der Waals surface area contributed by atoms with Gasteiger partial charge in [0.25, 0.3) is 11.8 Å². The minimum Gasteiger partial charge on any atom is -0.484 e. The van der Waals surface area contributed by atoms with Gasteiger partial charge in [0.05, 0.1) is 18.9 Å². The molecule has 11 nitrogen and oxygen atoms in total. The first-order valence-corrected chi connectivity index (χ1v) is 14.9. The third-order valence-electron chi connectivity index (χ3n) is 7.17. The minimum absolute atomic E-state index is 0.0588. The Bertz CT molecular complexity index is 1490. The molecule has 3 aromatic rings. The highest BCUT2D eigenvalue weighted by Crippen LogP contribution is 2.32. The summed E-state index contributed by atoms with van der Waals surface area (Å²) in [6.45, 7) is 0.989. The van der Waals surface area contributed by atoms with Gasteiger partial charge in [0.15, 0.2) is 6.61 Å². The summed E-state index contributed by atoms with van der Waals surface area (Å²) in [4.78, 5) is 55.1. The molecule has 4 rings (SSSR count). The summed E-state index contributed by atoms with van der Waals surface area (Å²) in [5.74, 6) is -2.78. The van der Waals surface area contributed by atoms with Crippen LogP contribution in [0.1, 0.15) is 30.0 Å². The molecule has 5 amide bonds. The second-order valence-electron chi connectivity index (χ2n) is 10.0. The molecule has 0 aliphatic carbocycles. The maximum Gasteiger partial charge on any atom is 0.325 e. The molecule has 3 atom stereocenters. The number of rotatable bonds is 13. The van der Waals surface area contributed by atoms with E-state index in [1.807, 2.05) is 22.6 Å². The fourth-order valence-electron chi connectivity index (χ4n) is 4.88. The van der Waals surface area contributed by atoms with Crippen LogP contribution in [0, 0.1) is 9.39 Å². The number of amides is 5. The SMILES string of the molecule is C[C@@H](c1ccccc1)[C@@H](C(=O)Nc1ccc(I)cc1F)N1C(=O)NC(c2ccc(OCC(=O)N(CCO)CCO)cc2)C1=O. The molecule has 44 heavy (non-hydrogen) atoms. The summed E-state index contributed by atoms with van der Waals surface area (Å²) in [6, 6.07) is 16.2. The van der Waals surface area contributed by atoms with Crippen molar-refractivity contribution in [2.24, 2.45) is 0 Å². The molecule has 0 saturated carbocycles. The number of carbonyl (C=O) groups excluding carboxylic acids is 4. The summed E-state index contributed by atoms with van der Waals surface area (Å²) < 4.78 is 20.8. The van der Waals surface area contributed by atoms with E-state index < -0.39 is 47.6 Å². The van der Waals surface area contributed by atoms with E-state index in [0.717, 1.165) is 4.90 Å². The van der Waals surface area contributed by atoms with Crippen LogP contribution in [0.2, 0.25) is 0 Å². The van der Waals surface area contributed by atoms with Crippen molar-refractivity contribution in [2.75, 3.05) is 38.2 Å². The fraction of sp³-hybridized carbons (Fsp3) is 0.290. The number of hydrogen-bond acceptors (Lipinski definition) is 7. The van der Waals surface area contributed by atoms with E-state index in [1.165, 1.54) is 29.2 Å². The smallest absolute Gasteiger partial charge is 0.325 e. The van der Waals surface area contributed by atoms with E-state index in [1.54, 1.807) is 55.5 Å². The van der Waals surface area contributed by atoms with Crippen molar-refractivity contribution in [3.8, 4) is 5.75 Å². The van der Waals surface area contributed by atoms with Crippen molar-refractivity contribution in [2.45, 2.75) is 24.9 Å². The Morgan fingerprint density at radius 2 is 1.70 bits per heavy atom. The van der Waals surface area contributed by atoms with Crippen LogP contribution in [0.15, 0.2) is 72.8 Å². The molecule has 0 bridgehead atoms. The number of aliphatic hydroxyl groups is 2. The average Bonchev–Trinajstić information content (AvgIpc) is 3.31. The van der Waals surface area contributed by atoms with Gasteiger partial charge in [0, 0.05) is 22.6 Å². The van der Waals surface area contributed by atoms with Crippen molar-refractivity contribution in [1.82, 2.24) is 15.1 Å². The van der Waals surface area contributed by atoms with Crippen LogP contribution in [0.4, 0.5) is 14.9 Å². The topological polar surface area (TPSA) is 149 Å². The third kappa shape index (κ3) is 7.70. The molecule has 232 valence electrons. The van der Waals surface area contributed by atoms with Crippen LogP contribution < -0.4 is 15.4 Å². The second-order valence-corrected chi connectivity index (χ2v) is 11.3. The Morgan fingerprint density at radius 3 is 2.32 bits per heavy atom. The van der Waals surface area contributed by atoms with E-state index >= 15 is 0 Å². The average molecular weight is 719 g/mol. The molecule has 1 unspecified atom stereocenters. The van der Waals surface area contributed by atoms with Gasteiger partial charge in [-0.3, -0.25) is 14.4 Å². The number of aliphatic hydroxyl groups excluding tert-OH is 2. The lowest BCUT2D eigenvalue weighted by Gasteiger charge is -2.30. The zero-order chi connectivity index (χ0) is 31.8. The van der Waals surface area contributed by atoms with Gasteiger partial charge in [-0.25, -0.2) is 14.1 Å². The first kappa shape index (κ1) is 32.8. The number of imide groups is 1. The molecule has 1 aliphatic heterocycles. The van der Waals surface area contributed by atoms with Crippen LogP contribution in [0.3, 0.4) is 0 Å². The predicted octanol–water partition coefficient (Wildman–Crippen LogP) is 3.03. The molecular weight excluding hydrogens is 686 g/mol. The van der Waals surface area contributed by atoms with Gasteiger partial charge >= 0.3 is 6.03 Å². The molecule has 1 heterocycles. The van der Waals surface area contributed by atoms with Crippen molar-refractivity contribution in [1.29, 1.82) is 0 Å². The van der Waals surface area contributed by atoms with Gasteiger partial charge in [-0.05, 0) is 64.0 Å². The number of hydrogen-bond donors (Lipinski definition) is 4. The number of halogens is 2. The lowest BCUT2D eigenvalue weighted by Crippen LogP contribution is -2.50. The van der Waals surface area contributed by atoms with Gasteiger partial charge in [-0.15, -0.1) is 0 Å². The Morgan fingerprint density at radius 1 is 1.05 bits per heavy atom. The Kier molecular flexibility index (Phi) is 11.3. The highest BCUT2D eigenvalue weighted by Gasteiger charge is 2.47. The lowest BCUT2D eigenvalue weighted by atomic mass is 9.91. The third-order valence-corrected chi connectivity index (χ3v) is 7.85. The molecule has 1 aliphatic rings. The molecular formula is C31H32FIN4O7. The van der Waals surface area contributed by atoms with Crippen molar-refractivity contribution in [3.05, 3.63) is 93.3 Å². The maximum atomic E-state index is 14.6. The Hall–Kier alpha value is -4.08. The maximum absolute atomic E-state index is 14.6. The number of nitrogens with zero attached hydrogens (tertiary/aromatic N) is 2. The molecule has 1 fully saturated rings. The number of benzene rings is 3. The van der Waals surface area contributed by atoms with Crippen LogP contribution in [-0.4, -0.2) is 82.7 Å². The zero-order valence-electron chi connectivity index (χ0n) is 23.8. The van der Waals surface area contributed by atoms with Gasteiger partial charge in [-0.1, -0.05) is 49.4 Å². The van der Waals surface area contributed by atoms with Crippen LogP contribution in [-0.2, 0) is 14.4 Å². The van der Waals surface area contributed by atoms with Gasteiger partial charge in [-0.2, -0.15) is 0 Å². The molecule has 0 spiro atoms. The lowest BCUT2D eigenvalue weighted by molar-refractivity contribution is -0.134. The first-order valence-electron chi connectivity index (χ1n) is 13.8. The summed E-state index contributed by atoms with van der Waals surface area (Å²) in [6.07, 6.45) is 0. The summed E-state index contributed by atoms with van der Waals surface area (Å²) >= 11 is 1.95. The monoisotopic (exact) mass is 718 g/mol. The number of ether oxygens (including phenoxy) is 1. The number of nitrogens with one attached hydrogen (secondary N) is 2. The molecule has 13 heteroatoms. The van der Waals surface area contributed by atoms with E-state index in [4.69, 9.17) is 14.9 Å². The van der Waals surface area contributed by atoms with E-state index in [2.05, 4.69) is 10.6 Å². The van der Waals surface area contributed by atoms with E-state index in [9.17, 15) is 23.6 Å². The van der Waals surface area contributed by atoms with Gasteiger partial charge in [0.2, 0.25) is 5.91 Å². The highest BCUT2D eigenvalue weighted by atomic mass is 127. The number of anilines is 1. The Labute approximate surface area is 267 Å². The molecule has 0 aromatic heterocycles. The predicted molar refractivity (Wildman–Crippen MR) is 167 cm³/mol. The number of urea groups is 1. The zero-order valence-corrected chi connectivity index (χ0v) is 25.9. The van der Waals surface area contributed by atoms with Crippen LogP contribution in [0.25, 0.3) is 0 Å². The minimum atomic E-state index is -1.30. The summed E-state index contributed by atoms with van der Waals surface area (Å²) in [5, 5.41) is 23.4. The van der Waals surface area contributed by atoms with Gasteiger partial charge in [0.1, 0.15) is 23.7 Å². The van der Waals surface area contributed by atoms with Crippen LogP contribution >= 0.6 is 22.6 Å². The fourth-order valence-corrected chi connectivity index (χ4v) is 5.34. The summed E-state index contributed by atoms with van der Waals surface area (Å²) in [5.41, 5.74) is 1.04. The highest BCUT2D eigenvalue weighted by molar-refractivity contribution is 14.1. The second kappa shape index (κ2) is 15.1. The molecule has 3 aromatic carbocycles. The molecule has 4 N–H and O–H groups in total. The summed E-state index contributed by atoms with van der Waals surface area (Å²) in [7, 11) is 0. The van der Waals surface area contributed by atoms with Crippen molar-refractivity contribution < 1.29 is 38.5 Å². The standard InChI is InChI=1S/C31H32FIN4O7/c1-19(20-5-3-2-4-6-20)28(29(41)34-25-12-9-22(33)17-24(25)32)37-30(42)27(35-31(37)43)21-7-10-23(11-8-21)44-18-26(40)36(13-15-38)14-16-39/h2-12,17,19,27-28,38-39H,13-16,18H2,1H3,(H,34,41)(H,35,43)/t19-,27?,28-/m0/s1. The quantitative estimate of drug-likeness (QED) is 0.157. The first-order chi connectivity index (χ1) is 21.1.